The van der Waals surface area contributed by atoms with E-state index in [0.29, 0.717) is 0 Å². The monoisotopic (exact) mass is 267 g/mol. The van der Waals surface area contributed by atoms with Gasteiger partial charge in [0.05, 0.1) is 10.8 Å². The van der Waals surface area contributed by atoms with Crippen LogP contribution >= 0.6 is 0 Å². The number of nitrogens with two attached hydrogens (primary N) is 1. The van der Waals surface area contributed by atoms with E-state index in [9.17, 15) is 26.3 Å². The first-order valence-electron chi connectivity index (χ1n) is 4.40. The second-order valence-corrected chi connectivity index (χ2v) is 3.40. The Morgan fingerprint density at radius 1 is 0.611 bits per heavy atom. The van der Waals surface area contributed by atoms with Crippen molar-refractivity contribution in [2.24, 2.45) is 0 Å². The van der Waals surface area contributed by atoms with Gasteiger partial charge in [0.2, 0.25) is 5.82 Å². The van der Waals surface area contributed by atoms with Crippen molar-refractivity contribution in [2.45, 2.75) is 0 Å². The van der Waals surface area contributed by atoms with E-state index in [-0.39, 0.29) is 0 Å². The summed E-state index contributed by atoms with van der Waals surface area (Å²) in [6, 6.07) is 0. The van der Waals surface area contributed by atoms with Crippen LogP contribution in [0.1, 0.15) is 0 Å². The lowest BCUT2D eigenvalue weighted by molar-refractivity contribution is 0.379. The van der Waals surface area contributed by atoms with Gasteiger partial charge in [0, 0.05) is 0 Å². The molecule has 0 saturated heterocycles. The van der Waals surface area contributed by atoms with Gasteiger partial charge in [0.1, 0.15) is 5.69 Å². The van der Waals surface area contributed by atoms with Crippen LogP contribution in [0.2, 0.25) is 0 Å². The number of halogens is 6. The summed E-state index contributed by atoms with van der Waals surface area (Å²) in [5.74, 6) is -13.9. The smallest absolute Gasteiger partial charge is 0.204 e. The molecule has 2 aromatic rings. The first-order valence-corrected chi connectivity index (χ1v) is 4.40. The highest BCUT2D eigenvalue weighted by molar-refractivity contribution is 5.89. The zero-order chi connectivity index (χ0) is 13.8. The molecule has 0 aliphatic carbocycles. The Morgan fingerprint density at radius 3 is 1.61 bits per heavy atom. The quantitative estimate of drug-likeness (QED) is 0.438. The van der Waals surface area contributed by atoms with E-state index in [0.717, 1.165) is 0 Å². The van der Waals surface area contributed by atoms with Gasteiger partial charge in [-0.2, -0.15) is 4.39 Å². The van der Waals surface area contributed by atoms with Gasteiger partial charge in [-0.1, -0.05) is 0 Å². The number of anilines is 1. The number of rotatable bonds is 0. The van der Waals surface area contributed by atoms with Gasteiger partial charge in [-0.3, -0.25) is 0 Å². The third-order valence-corrected chi connectivity index (χ3v) is 2.40. The van der Waals surface area contributed by atoms with E-state index in [1.807, 2.05) is 0 Å². The molecule has 0 saturated carbocycles. The van der Waals surface area contributed by atoms with Gasteiger partial charge in [-0.05, 0) is 0 Å². The number of phenols is 1. The number of nitrogen functional groups attached to an aromatic ring is 1. The molecule has 8 heteroatoms. The zero-order valence-electron chi connectivity index (χ0n) is 8.29. The maximum atomic E-state index is 13.4. The minimum atomic E-state index is -2.12. The van der Waals surface area contributed by atoms with E-state index in [2.05, 4.69) is 0 Å². The molecule has 18 heavy (non-hydrogen) atoms. The predicted molar refractivity (Wildman–Crippen MR) is 49.8 cm³/mol. The molecule has 2 aromatic carbocycles. The molecule has 0 aromatic heterocycles. The number of hydrogen-bond acceptors (Lipinski definition) is 2. The average Bonchev–Trinajstić information content (AvgIpc) is 2.35. The molecule has 0 bridgehead atoms. The maximum Gasteiger partial charge on any atom is 0.204 e. The van der Waals surface area contributed by atoms with Crippen molar-refractivity contribution in [3.63, 3.8) is 0 Å². The van der Waals surface area contributed by atoms with Gasteiger partial charge in [-0.25, -0.2) is 22.0 Å². The van der Waals surface area contributed by atoms with E-state index >= 15 is 0 Å². The Hall–Kier alpha value is -2.12. The van der Waals surface area contributed by atoms with Crippen LogP contribution in [0, 0.1) is 34.9 Å². The lowest BCUT2D eigenvalue weighted by Gasteiger charge is -2.10. The SMILES string of the molecule is Nc1c(F)c(F)c2c(F)c(O)c(F)c(F)c2c1F. The lowest BCUT2D eigenvalue weighted by Crippen LogP contribution is -2.05. The fourth-order valence-electron chi connectivity index (χ4n) is 1.52. The van der Waals surface area contributed by atoms with Crippen LogP contribution in [0.25, 0.3) is 10.8 Å². The summed E-state index contributed by atoms with van der Waals surface area (Å²) in [6.07, 6.45) is 0. The standard InChI is InChI=1S/C10H3F6NO/c11-3-2-1(5(13)9(17)7(3)15)4(12)8(16)10(18)6(2)14/h18H,17H2. The topological polar surface area (TPSA) is 46.2 Å². The molecular formula is C10H3F6NO. The third-order valence-electron chi connectivity index (χ3n) is 2.40. The van der Waals surface area contributed by atoms with Gasteiger partial charge < -0.3 is 10.8 Å². The average molecular weight is 267 g/mol. The second-order valence-electron chi connectivity index (χ2n) is 3.40. The van der Waals surface area contributed by atoms with E-state index < -0.39 is 57.1 Å². The summed E-state index contributed by atoms with van der Waals surface area (Å²) >= 11 is 0. The van der Waals surface area contributed by atoms with Crippen molar-refractivity contribution in [3.8, 4) is 5.75 Å². The molecule has 3 N–H and O–H groups in total. The molecule has 0 aliphatic rings. The molecule has 0 radical (unpaired) electrons. The number of benzene rings is 2. The van der Waals surface area contributed by atoms with E-state index in [1.54, 1.807) is 0 Å². The van der Waals surface area contributed by atoms with Gasteiger partial charge in [0.15, 0.2) is 34.8 Å². The maximum absolute atomic E-state index is 13.4. The summed E-state index contributed by atoms with van der Waals surface area (Å²) in [5, 5.41) is 5.78. The van der Waals surface area contributed by atoms with Crippen LogP contribution in [-0.2, 0) is 0 Å². The number of fused-ring (bicyclic) bond motifs is 1. The first kappa shape index (κ1) is 12.3. The second kappa shape index (κ2) is 3.69. The van der Waals surface area contributed by atoms with Crippen molar-refractivity contribution >= 4 is 16.5 Å². The summed E-state index contributed by atoms with van der Waals surface area (Å²) in [5.41, 5.74) is 3.38. The predicted octanol–water partition coefficient (Wildman–Crippen LogP) is 2.96. The van der Waals surface area contributed by atoms with Crippen molar-refractivity contribution in [2.75, 3.05) is 5.73 Å². The van der Waals surface area contributed by atoms with Gasteiger partial charge in [0.25, 0.3) is 0 Å². The normalized spacial score (nSPS) is 11.2. The number of phenolic OH excluding ortho intramolecular Hbond substituents is 1. The molecule has 2 rings (SSSR count). The molecule has 0 heterocycles. The summed E-state index contributed by atoms with van der Waals surface area (Å²) in [4.78, 5) is 0. The van der Waals surface area contributed by atoms with Crippen LogP contribution in [0.4, 0.5) is 32.0 Å². The largest absolute Gasteiger partial charge is 0.503 e. The highest BCUT2D eigenvalue weighted by Gasteiger charge is 2.29. The summed E-state index contributed by atoms with van der Waals surface area (Å²) < 4.78 is 79.4. The number of hydrogen-bond donors (Lipinski definition) is 2. The minimum Gasteiger partial charge on any atom is -0.503 e. The zero-order valence-corrected chi connectivity index (χ0v) is 8.29. The van der Waals surface area contributed by atoms with Crippen LogP contribution in [0.3, 0.4) is 0 Å². The van der Waals surface area contributed by atoms with Crippen molar-refractivity contribution in [3.05, 3.63) is 34.9 Å². The summed E-state index contributed by atoms with van der Waals surface area (Å²) in [7, 11) is 0. The molecule has 0 fully saturated rings. The highest BCUT2D eigenvalue weighted by atomic mass is 19.2. The molecule has 0 spiro atoms. The molecule has 0 amide bonds. The summed E-state index contributed by atoms with van der Waals surface area (Å²) in [6.45, 7) is 0. The molecule has 0 unspecified atom stereocenters. The van der Waals surface area contributed by atoms with Crippen LogP contribution in [-0.4, -0.2) is 5.11 Å². The molecule has 0 aliphatic heterocycles. The molecule has 2 nitrogen and oxygen atoms in total. The van der Waals surface area contributed by atoms with Crippen molar-refractivity contribution in [1.29, 1.82) is 0 Å². The minimum absolute atomic E-state index is 1.41. The van der Waals surface area contributed by atoms with E-state index in [1.165, 1.54) is 0 Å². The Morgan fingerprint density at radius 2 is 1.06 bits per heavy atom. The highest BCUT2D eigenvalue weighted by Crippen LogP contribution is 2.37. The van der Waals surface area contributed by atoms with Gasteiger partial charge in [-0.15, -0.1) is 0 Å². The Kier molecular flexibility index (Phi) is 2.53. The third kappa shape index (κ3) is 1.31. The number of aromatic hydroxyl groups is 1. The fourth-order valence-corrected chi connectivity index (χ4v) is 1.52. The van der Waals surface area contributed by atoms with Crippen LogP contribution in [0.15, 0.2) is 0 Å². The Labute approximate surface area is 95.2 Å². The van der Waals surface area contributed by atoms with Gasteiger partial charge >= 0.3 is 0 Å². The first-order chi connectivity index (χ1) is 8.29. The fraction of sp³-hybridized carbons (Fsp3) is 0. The molecule has 0 atom stereocenters. The van der Waals surface area contributed by atoms with Crippen molar-refractivity contribution < 1.29 is 31.4 Å². The lowest BCUT2D eigenvalue weighted by atomic mass is 10.1. The molecular weight excluding hydrogens is 264 g/mol. The Balaban J connectivity index is 3.22. The Bertz CT molecular complexity index is 571. The molecule has 96 valence electrons. The van der Waals surface area contributed by atoms with Crippen LogP contribution in [0.5, 0.6) is 5.75 Å². The van der Waals surface area contributed by atoms with Crippen LogP contribution < -0.4 is 5.73 Å². The van der Waals surface area contributed by atoms with Crippen molar-refractivity contribution in [1.82, 2.24) is 0 Å². The van der Waals surface area contributed by atoms with E-state index in [4.69, 9.17) is 10.8 Å².